The second-order valence-electron chi connectivity index (χ2n) is 10.0. The molecule has 0 spiro atoms. The van der Waals surface area contributed by atoms with Crippen molar-refractivity contribution in [2.24, 2.45) is 0 Å². The number of carbonyl (C=O) groups excluding carboxylic acids is 1. The molecular weight excluding hydrogens is 446 g/mol. The number of rotatable bonds is 13. The zero-order valence-electron chi connectivity index (χ0n) is 21.0. The van der Waals surface area contributed by atoms with Gasteiger partial charge < -0.3 is 24.6 Å². The Morgan fingerprint density at radius 3 is 2.51 bits per heavy atom. The Morgan fingerprint density at radius 1 is 1.03 bits per heavy atom. The predicted molar refractivity (Wildman–Crippen MR) is 133 cm³/mol. The van der Waals surface area contributed by atoms with Crippen LogP contribution in [0.25, 0.3) is 5.57 Å². The zero-order valence-corrected chi connectivity index (χ0v) is 21.0. The molecule has 1 amide bonds. The molecule has 1 aromatic rings. The summed E-state index contributed by atoms with van der Waals surface area (Å²) in [5.41, 5.74) is 9.42. The average molecular weight is 482 g/mol. The smallest absolute Gasteiger partial charge is 0.407 e. The molecule has 1 aromatic carbocycles. The summed E-state index contributed by atoms with van der Waals surface area (Å²) in [7, 11) is 0. The number of nitrogens with one attached hydrogen (secondary N) is 1. The molecule has 7 nitrogen and oxygen atoms in total. The van der Waals surface area contributed by atoms with Crippen LogP contribution in [-0.4, -0.2) is 54.7 Å². The van der Waals surface area contributed by atoms with E-state index < -0.39 is 23.3 Å². The van der Waals surface area contributed by atoms with Gasteiger partial charge in [0.2, 0.25) is 0 Å². The van der Waals surface area contributed by atoms with Crippen molar-refractivity contribution in [1.29, 1.82) is 0 Å². The summed E-state index contributed by atoms with van der Waals surface area (Å²) in [5, 5.41) is 11.7. The van der Waals surface area contributed by atoms with Gasteiger partial charge in [-0.15, -0.1) is 0 Å². The third-order valence-corrected chi connectivity index (χ3v) is 6.08. The highest BCUT2D eigenvalue weighted by atomic mass is 16.5. The van der Waals surface area contributed by atoms with Crippen LogP contribution in [-0.2, 0) is 19.0 Å². The van der Waals surface area contributed by atoms with E-state index in [2.05, 4.69) is 28.9 Å². The minimum Gasteiger partial charge on any atom is -0.481 e. The van der Waals surface area contributed by atoms with Crippen molar-refractivity contribution in [2.45, 2.75) is 64.1 Å². The first-order chi connectivity index (χ1) is 16.6. The van der Waals surface area contributed by atoms with Gasteiger partial charge >= 0.3 is 12.1 Å². The lowest BCUT2D eigenvalue weighted by Gasteiger charge is -2.27. The Bertz CT molecular complexity index is 1070. The molecule has 2 N–H and O–H groups in total. The first kappa shape index (κ1) is 26.5. The molecule has 3 rings (SSSR count). The number of fused-ring (bicyclic) bond motifs is 2. The number of hydrogen-bond acceptors (Lipinski definition) is 5. The lowest BCUT2D eigenvalue weighted by Crippen LogP contribution is -2.33. The Labute approximate surface area is 207 Å². The largest absolute Gasteiger partial charge is 0.481 e. The standard InChI is InChI=1S/C28H35NO6/c1-27(2,14-9-16-34-28(3,4)18-25(30)31)35-17-15-29-26(32)33-19-24-22-12-7-5-10-20(22)21-11-6-8-13-23(21)24/h5,7,10-13,24H,9,14-19H2,1-4H3,(H,29,32)(H,30,31). The molecule has 0 saturated carbocycles. The first-order valence-electron chi connectivity index (χ1n) is 12.0. The quantitative estimate of drug-likeness (QED) is 0.305. The maximum absolute atomic E-state index is 12.3. The van der Waals surface area contributed by atoms with E-state index in [1.807, 2.05) is 38.1 Å². The molecule has 0 heterocycles. The number of amides is 1. The van der Waals surface area contributed by atoms with Crippen LogP contribution in [0.5, 0.6) is 0 Å². The van der Waals surface area contributed by atoms with E-state index >= 15 is 0 Å². The van der Waals surface area contributed by atoms with Crippen LogP contribution in [0.1, 0.15) is 64.0 Å². The lowest BCUT2D eigenvalue weighted by atomic mass is 9.96. The molecule has 0 fully saturated rings. The first-order valence-corrected chi connectivity index (χ1v) is 12.0. The van der Waals surface area contributed by atoms with Crippen LogP contribution >= 0.6 is 0 Å². The second-order valence-corrected chi connectivity index (χ2v) is 10.0. The number of hydrogen-bond donors (Lipinski definition) is 2. The molecule has 1 atom stereocenters. The third kappa shape index (κ3) is 7.71. The third-order valence-electron chi connectivity index (χ3n) is 6.08. The van der Waals surface area contributed by atoms with Crippen LogP contribution in [0.15, 0.2) is 53.5 Å². The van der Waals surface area contributed by atoms with Gasteiger partial charge in [-0.2, -0.15) is 0 Å². The molecule has 7 heteroatoms. The summed E-state index contributed by atoms with van der Waals surface area (Å²) in [4.78, 5) is 23.1. The van der Waals surface area contributed by atoms with Gasteiger partial charge in [0, 0.05) is 19.1 Å². The minimum absolute atomic E-state index is 0.0179. The maximum Gasteiger partial charge on any atom is 0.407 e. The van der Waals surface area contributed by atoms with Gasteiger partial charge in [0.25, 0.3) is 0 Å². The fourth-order valence-electron chi connectivity index (χ4n) is 4.33. The van der Waals surface area contributed by atoms with Gasteiger partial charge in [-0.1, -0.05) is 35.7 Å². The fraction of sp³-hybridized carbons (Fsp3) is 0.500. The summed E-state index contributed by atoms with van der Waals surface area (Å²) in [6.07, 6.45) is 4.82. The van der Waals surface area contributed by atoms with Crippen molar-refractivity contribution in [1.82, 2.24) is 5.32 Å². The van der Waals surface area contributed by atoms with E-state index in [1.165, 1.54) is 0 Å². The number of aliphatic carboxylic acids is 1. The Kier molecular flexibility index (Phi) is 8.76. The van der Waals surface area contributed by atoms with Gasteiger partial charge in [0.15, 0.2) is 0 Å². The molecule has 2 aliphatic rings. The predicted octanol–water partition coefficient (Wildman–Crippen LogP) is 4.99. The van der Waals surface area contributed by atoms with Gasteiger partial charge in [0.1, 0.15) is 6.61 Å². The van der Waals surface area contributed by atoms with Crippen molar-refractivity contribution in [3.8, 4) is 0 Å². The van der Waals surface area contributed by atoms with Gasteiger partial charge in [-0.3, -0.25) is 4.79 Å². The van der Waals surface area contributed by atoms with E-state index in [0.29, 0.717) is 19.8 Å². The number of alkyl carbamates (subject to hydrolysis) is 1. The molecular formula is C28H35NO6. The highest BCUT2D eigenvalue weighted by Crippen LogP contribution is 2.43. The van der Waals surface area contributed by atoms with Crippen LogP contribution in [0.4, 0.5) is 4.79 Å². The normalized spacial score (nSPS) is 16.3. The summed E-state index contributed by atoms with van der Waals surface area (Å²) in [5.74, 6) is -0.893. The molecule has 0 saturated heterocycles. The minimum atomic E-state index is -0.875. The number of carboxylic acids is 1. The van der Waals surface area contributed by atoms with Gasteiger partial charge in [0.05, 0.1) is 24.2 Å². The topological polar surface area (TPSA) is 94.1 Å². The van der Waals surface area contributed by atoms with Crippen LogP contribution in [0.2, 0.25) is 0 Å². The molecule has 1 unspecified atom stereocenters. The summed E-state index contributed by atoms with van der Waals surface area (Å²) in [6.45, 7) is 8.91. The highest BCUT2D eigenvalue weighted by Gasteiger charge is 2.30. The average Bonchev–Trinajstić information content (AvgIpc) is 3.11. The number of carboxylic acid groups (broad SMARTS) is 1. The molecule has 0 radical (unpaired) electrons. The zero-order chi connectivity index (χ0) is 25.5. The fourth-order valence-corrected chi connectivity index (χ4v) is 4.33. The molecule has 0 bridgehead atoms. The molecule has 35 heavy (non-hydrogen) atoms. The number of carbonyl (C=O) groups is 2. The van der Waals surface area contributed by atoms with Crippen molar-refractivity contribution < 1.29 is 28.9 Å². The van der Waals surface area contributed by atoms with E-state index in [4.69, 9.17) is 19.3 Å². The number of allylic oxidation sites excluding steroid dienone is 3. The Hall–Kier alpha value is -3.08. The number of ether oxygens (including phenoxy) is 3. The molecule has 0 aliphatic heterocycles. The van der Waals surface area contributed by atoms with Crippen molar-refractivity contribution in [2.75, 3.05) is 26.4 Å². The highest BCUT2D eigenvalue weighted by molar-refractivity contribution is 5.87. The Balaban J connectivity index is 1.34. The van der Waals surface area contributed by atoms with Crippen LogP contribution < -0.4 is 5.32 Å². The molecule has 0 aromatic heterocycles. The summed E-state index contributed by atoms with van der Waals surface area (Å²) < 4.78 is 17.1. The van der Waals surface area contributed by atoms with Crippen molar-refractivity contribution in [3.63, 3.8) is 0 Å². The number of benzene rings is 1. The molecule has 2 aliphatic carbocycles. The van der Waals surface area contributed by atoms with Crippen LogP contribution in [0.3, 0.4) is 0 Å². The van der Waals surface area contributed by atoms with Gasteiger partial charge in [-0.05, 0) is 75.0 Å². The maximum atomic E-state index is 12.3. The lowest BCUT2D eigenvalue weighted by molar-refractivity contribution is -0.144. The second kappa shape index (κ2) is 11.6. The van der Waals surface area contributed by atoms with Crippen LogP contribution in [0, 0.1) is 0 Å². The van der Waals surface area contributed by atoms with Gasteiger partial charge in [-0.25, -0.2) is 4.79 Å². The van der Waals surface area contributed by atoms with Crippen molar-refractivity contribution in [3.05, 3.63) is 64.6 Å². The SMILES string of the molecule is CC(C)(CCCOC(C)(C)CC(=O)O)OCCNC(=O)OCC1C2=C(C=C=C=C2)c2ccccc21. The van der Waals surface area contributed by atoms with E-state index in [1.54, 1.807) is 13.8 Å². The Morgan fingerprint density at radius 2 is 1.74 bits per heavy atom. The monoisotopic (exact) mass is 481 g/mol. The van der Waals surface area contributed by atoms with E-state index in [-0.39, 0.29) is 18.9 Å². The van der Waals surface area contributed by atoms with E-state index in [9.17, 15) is 9.59 Å². The summed E-state index contributed by atoms with van der Waals surface area (Å²) in [6, 6.07) is 8.14. The van der Waals surface area contributed by atoms with E-state index in [0.717, 1.165) is 35.1 Å². The molecule has 188 valence electrons. The summed E-state index contributed by atoms with van der Waals surface area (Å²) >= 11 is 0. The van der Waals surface area contributed by atoms with Crippen molar-refractivity contribution >= 4 is 17.6 Å².